The first-order valence-electron chi connectivity index (χ1n) is 5.21. The van der Waals surface area contributed by atoms with Crippen molar-refractivity contribution in [3.8, 4) is 0 Å². The molecule has 15 heavy (non-hydrogen) atoms. The standard InChI is InChI=1S/C12H17ClFN/c1-8-6-10(5-3-4-9(2)15)7-11(13)12(8)14/h6-7,9H,3-5,15H2,1-2H3/t9-/m0/s1. The van der Waals surface area contributed by atoms with Crippen molar-refractivity contribution in [2.45, 2.75) is 39.2 Å². The summed E-state index contributed by atoms with van der Waals surface area (Å²) in [5, 5.41) is 0.214. The first kappa shape index (κ1) is 12.5. The Morgan fingerprint density at radius 3 is 2.67 bits per heavy atom. The summed E-state index contributed by atoms with van der Waals surface area (Å²) in [5.74, 6) is -0.312. The fraction of sp³-hybridized carbons (Fsp3) is 0.500. The molecule has 1 aromatic rings. The third kappa shape index (κ3) is 3.80. The van der Waals surface area contributed by atoms with Crippen LogP contribution in [0.1, 0.15) is 30.9 Å². The molecule has 1 nitrogen and oxygen atoms in total. The number of hydrogen-bond donors (Lipinski definition) is 1. The largest absolute Gasteiger partial charge is 0.328 e. The molecule has 1 aromatic carbocycles. The van der Waals surface area contributed by atoms with E-state index in [-0.39, 0.29) is 16.9 Å². The third-order valence-electron chi connectivity index (χ3n) is 2.39. The predicted molar refractivity (Wildman–Crippen MR) is 62.7 cm³/mol. The van der Waals surface area contributed by atoms with Gasteiger partial charge in [0.15, 0.2) is 0 Å². The highest BCUT2D eigenvalue weighted by atomic mass is 35.5. The normalized spacial score (nSPS) is 12.9. The summed E-state index contributed by atoms with van der Waals surface area (Å²) < 4.78 is 13.2. The molecule has 84 valence electrons. The van der Waals surface area contributed by atoms with Gasteiger partial charge in [0, 0.05) is 6.04 Å². The molecule has 0 saturated carbocycles. The van der Waals surface area contributed by atoms with E-state index in [1.807, 2.05) is 13.0 Å². The van der Waals surface area contributed by atoms with E-state index in [2.05, 4.69) is 0 Å². The lowest BCUT2D eigenvalue weighted by Crippen LogP contribution is -2.14. The minimum Gasteiger partial charge on any atom is -0.328 e. The minimum absolute atomic E-state index is 0.214. The van der Waals surface area contributed by atoms with Crippen LogP contribution < -0.4 is 5.73 Å². The molecular weight excluding hydrogens is 213 g/mol. The van der Waals surface area contributed by atoms with E-state index in [0.29, 0.717) is 5.56 Å². The van der Waals surface area contributed by atoms with Crippen LogP contribution in [-0.4, -0.2) is 6.04 Å². The third-order valence-corrected chi connectivity index (χ3v) is 2.67. The number of benzene rings is 1. The maximum atomic E-state index is 13.2. The smallest absolute Gasteiger partial charge is 0.144 e. The van der Waals surface area contributed by atoms with Crippen molar-refractivity contribution in [3.05, 3.63) is 34.1 Å². The molecule has 0 aliphatic rings. The highest BCUT2D eigenvalue weighted by Crippen LogP contribution is 2.21. The quantitative estimate of drug-likeness (QED) is 0.841. The van der Waals surface area contributed by atoms with Gasteiger partial charge in [0.05, 0.1) is 5.02 Å². The SMILES string of the molecule is Cc1cc(CCC[C@H](C)N)cc(Cl)c1F. The Balaban J connectivity index is 2.63. The van der Waals surface area contributed by atoms with E-state index >= 15 is 0 Å². The summed E-state index contributed by atoms with van der Waals surface area (Å²) in [4.78, 5) is 0. The molecule has 1 rings (SSSR count). The second kappa shape index (κ2) is 5.47. The van der Waals surface area contributed by atoms with Crippen LogP contribution in [0.5, 0.6) is 0 Å². The van der Waals surface area contributed by atoms with Gasteiger partial charge in [-0.15, -0.1) is 0 Å². The Kier molecular flexibility index (Phi) is 4.55. The van der Waals surface area contributed by atoms with Gasteiger partial charge in [-0.05, 0) is 50.3 Å². The molecule has 0 bridgehead atoms. The molecule has 3 heteroatoms. The lowest BCUT2D eigenvalue weighted by atomic mass is 10.0. The van der Waals surface area contributed by atoms with Gasteiger partial charge in [-0.1, -0.05) is 17.7 Å². The summed E-state index contributed by atoms with van der Waals surface area (Å²) in [6, 6.07) is 3.77. The van der Waals surface area contributed by atoms with Crippen LogP contribution >= 0.6 is 11.6 Å². The highest BCUT2D eigenvalue weighted by molar-refractivity contribution is 6.30. The van der Waals surface area contributed by atoms with Crippen LogP contribution in [0.2, 0.25) is 5.02 Å². The fourth-order valence-electron chi connectivity index (χ4n) is 1.57. The number of halogens is 2. The van der Waals surface area contributed by atoms with Crippen molar-refractivity contribution in [1.82, 2.24) is 0 Å². The lowest BCUT2D eigenvalue weighted by Gasteiger charge is -2.07. The van der Waals surface area contributed by atoms with Gasteiger partial charge in [-0.3, -0.25) is 0 Å². The van der Waals surface area contributed by atoms with Crippen molar-refractivity contribution in [2.24, 2.45) is 5.73 Å². The molecule has 0 radical (unpaired) electrons. The predicted octanol–water partition coefficient (Wildman–Crippen LogP) is 3.46. The second-order valence-corrected chi connectivity index (χ2v) is 4.49. The zero-order valence-electron chi connectivity index (χ0n) is 9.19. The second-order valence-electron chi connectivity index (χ2n) is 4.08. The summed E-state index contributed by atoms with van der Waals surface area (Å²) in [5.41, 5.74) is 7.35. The molecule has 0 heterocycles. The van der Waals surface area contributed by atoms with Crippen molar-refractivity contribution in [1.29, 1.82) is 0 Å². The average molecular weight is 230 g/mol. The Morgan fingerprint density at radius 2 is 2.13 bits per heavy atom. The van der Waals surface area contributed by atoms with Crippen LogP contribution in [0.25, 0.3) is 0 Å². The number of nitrogens with two attached hydrogens (primary N) is 1. The van der Waals surface area contributed by atoms with Gasteiger partial charge in [-0.25, -0.2) is 4.39 Å². The molecular formula is C12H17ClFN. The maximum Gasteiger partial charge on any atom is 0.144 e. The van der Waals surface area contributed by atoms with Crippen LogP contribution in [0, 0.1) is 12.7 Å². The molecule has 0 fully saturated rings. The highest BCUT2D eigenvalue weighted by Gasteiger charge is 2.05. The maximum absolute atomic E-state index is 13.2. The summed E-state index contributed by atoms with van der Waals surface area (Å²) >= 11 is 5.76. The van der Waals surface area contributed by atoms with E-state index in [0.717, 1.165) is 24.8 Å². The summed E-state index contributed by atoms with van der Waals surface area (Å²) in [7, 11) is 0. The minimum atomic E-state index is -0.312. The fourth-order valence-corrected chi connectivity index (χ4v) is 1.86. The molecule has 0 spiro atoms. The number of aryl methyl sites for hydroxylation is 2. The molecule has 0 saturated heterocycles. The lowest BCUT2D eigenvalue weighted by molar-refractivity contribution is 0.611. The molecule has 0 unspecified atom stereocenters. The molecule has 0 aliphatic heterocycles. The molecule has 0 amide bonds. The van der Waals surface area contributed by atoms with Crippen molar-refractivity contribution < 1.29 is 4.39 Å². The van der Waals surface area contributed by atoms with Crippen molar-refractivity contribution in [2.75, 3.05) is 0 Å². The topological polar surface area (TPSA) is 26.0 Å². The van der Waals surface area contributed by atoms with Gasteiger partial charge in [-0.2, -0.15) is 0 Å². The molecule has 0 aliphatic carbocycles. The summed E-state index contributed by atoms with van der Waals surface area (Å²) in [6.07, 6.45) is 2.90. The van der Waals surface area contributed by atoms with Gasteiger partial charge >= 0.3 is 0 Å². The first-order valence-corrected chi connectivity index (χ1v) is 5.58. The Bertz CT molecular complexity index is 313. The first-order chi connectivity index (χ1) is 7.00. The number of hydrogen-bond acceptors (Lipinski definition) is 1. The van der Waals surface area contributed by atoms with Crippen LogP contribution in [-0.2, 0) is 6.42 Å². The summed E-state index contributed by atoms with van der Waals surface area (Å²) in [6.45, 7) is 3.72. The van der Waals surface area contributed by atoms with E-state index in [4.69, 9.17) is 17.3 Å². The monoisotopic (exact) mass is 229 g/mol. The van der Waals surface area contributed by atoms with E-state index in [1.54, 1.807) is 13.0 Å². The Morgan fingerprint density at radius 1 is 1.47 bits per heavy atom. The van der Waals surface area contributed by atoms with E-state index in [9.17, 15) is 4.39 Å². The van der Waals surface area contributed by atoms with Gasteiger partial charge in [0.25, 0.3) is 0 Å². The zero-order valence-corrected chi connectivity index (χ0v) is 9.94. The van der Waals surface area contributed by atoms with E-state index < -0.39 is 0 Å². The van der Waals surface area contributed by atoms with Crippen LogP contribution in [0.15, 0.2) is 12.1 Å². The molecule has 2 N–H and O–H groups in total. The van der Waals surface area contributed by atoms with Gasteiger partial charge in [0.1, 0.15) is 5.82 Å². The van der Waals surface area contributed by atoms with E-state index in [1.165, 1.54) is 0 Å². The average Bonchev–Trinajstić information content (AvgIpc) is 2.13. The van der Waals surface area contributed by atoms with Crippen LogP contribution in [0.3, 0.4) is 0 Å². The number of rotatable bonds is 4. The van der Waals surface area contributed by atoms with Gasteiger partial charge < -0.3 is 5.73 Å². The molecule has 1 atom stereocenters. The van der Waals surface area contributed by atoms with Gasteiger partial charge in [0.2, 0.25) is 0 Å². The molecule has 0 aromatic heterocycles. The van der Waals surface area contributed by atoms with Crippen molar-refractivity contribution in [3.63, 3.8) is 0 Å². The Hall–Kier alpha value is -0.600. The van der Waals surface area contributed by atoms with Crippen molar-refractivity contribution >= 4 is 11.6 Å². The zero-order chi connectivity index (χ0) is 11.4. The Labute approximate surface area is 95.4 Å². The van der Waals surface area contributed by atoms with Crippen LogP contribution in [0.4, 0.5) is 4.39 Å².